The summed E-state index contributed by atoms with van der Waals surface area (Å²) in [5.41, 5.74) is 0.909. The summed E-state index contributed by atoms with van der Waals surface area (Å²) in [6.45, 7) is 5.29. The predicted octanol–water partition coefficient (Wildman–Crippen LogP) is 2.45. The fourth-order valence-electron chi connectivity index (χ4n) is 2.27. The minimum Gasteiger partial charge on any atom is -0.493 e. The summed E-state index contributed by atoms with van der Waals surface area (Å²) in [7, 11) is 0. The lowest BCUT2D eigenvalue weighted by Gasteiger charge is -2.13. The van der Waals surface area contributed by atoms with Gasteiger partial charge in [0.05, 0.1) is 18.4 Å². The molecule has 1 aromatic rings. The van der Waals surface area contributed by atoms with Crippen molar-refractivity contribution in [2.45, 2.75) is 33.2 Å². The Balaban J connectivity index is 1.85. The van der Waals surface area contributed by atoms with Crippen molar-refractivity contribution < 1.29 is 19.4 Å². The van der Waals surface area contributed by atoms with Gasteiger partial charge >= 0.3 is 5.97 Å². The molecule has 0 radical (unpaired) electrons. The van der Waals surface area contributed by atoms with Crippen LogP contribution in [0, 0.1) is 17.8 Å². The van der Waals surface area contributed by atoms with E-state index in [9.17, 15) is 9.59 Å². The molecule has 0 aliphatic heterocycles. The van der Waals surface area contributed by atoms with Gasteiger partial charge < -0.3 is 15.2 Å². The van der Waals surface area contributed by atoms with Gasteiger partial charge in [-0.25, -0.2) is 0 Å². The molecule has 1 fully saturated rings. The van der Waals surface area contributed by atoms with Crippen molar-refractivity contribution in [1.29, 1.82) is 0 Å². The highest BCUT2D eigenvalue weighted by Crippen LogP contribution is 2.38. The highest BCUT2D eigenvalue weighted by molar-refractivity contribution is 5.89. The number of para-hydroxylation sites is 1. The Morgan fingerprint density at radius 1 is 1.32 bits per heavy atom. The van der Waals surface area contributed by atoms with E-state index in [0.717, 1.165) is 17.7 Å². The lowest BCUT2D eigenvalue weighted by atomic mass is 10.1. The molecule has 120 valence electrons. The van der Waals surface area contributed by atoms with E-state index in [1.54, 1.807) is 0 Å². The van der Waals surface area contributed by atoms with E-state index >= 15 is 0 Å². The van der Waals surface area contributed by atoms with Crippen LogP contribution in [0.15, 0.2) is 24.3 Å². The maximum absolute atomic E-state index is 11.9. The number of aliphatic carboxylic acids is 1. The molecule has 1 amide bonds. The number of ether oxygens (including phenoxy) is 1. The van der Waals surface area contributed by atoms with Crippen LogP contribution in [0.3, 0.4) is 0 Å². The van der Waals surface area contributed by atoms with E-state index < -0.39 is 11.9 Å². The zero-order valence-electron chi connectivity index (χ0n) is 13.0. The van der Waals surface area contributed by atoms with E-state index in [1.807, 2.05) is 24.3 Å². The van der Waals surface area contributed by atoms with Crippen LogP contribution in [0.4, 0.5) is 0 Å². The molecule has 1 aliphatic rings. The van der Waals surface area contributed by atoms with Crippen molar-refractivity contribution in [3.8, 4) is 5.75 Å². The Hall–Kier alpha value is -2.04. The lowest BCUT2D eigenvalue weighted by molar-refractivity contribution is -0.140. The first kappa shape index (κ1) is 16.3. The Morgan fingerprint density at radius 2 is 2.05 bits per heavy atom. The average molecular weight is 305 g/mol. The minimum absolute atomic E-state index is 0.190. The molecule has 2 rings (SSSR count). The van der Waals surface area contributed by atoms with Crippen LogP contribution in [0.5, 0.6) is 5.75 Å². The van der Waals surface area contributed by atoms with Crippen LogP contribution in [0.25, 0.3) is 0 Å². The van der Waals surface area contributed by atoms with Gasteiger partial charge in [-0.15, -0.1) is 0 Å². The van der Waals surface area contributed by atoms with Crippen LogP contribution in [-0.4, -0.2) is 23.6 Å². The lowest BCUT2D eigenvalue weighted by Crippen LogP contribution is -2.26. The fraction of sp³-hybridized carbons (Fsp3) is 0.529. The normalized spacial score (nSPS) is 19.8. The number of hydrogen-bond acceptors (Lipinski definition) is 3. The van der Waals surface area contributed by atoms with Gasteiger partial charge in [0, 0.05) is 12.1 Å². The first-order valence-corrected chi connectivity index (χ1v) is 7.70. The number of amides is 1. The van der Waals surface area contributed by atoms with Gasteiger partial charge in [0.15, 0.2) is 0 Å². The van der Waals surface area contributed by atoms with Gasteiger partial charge in [-0.2, -0.15) is 0 Å². The molecule has 5 nitrogen and oxygen atoms in total. The molecule has 2 N–H and O–H groups in total. The number of carboxylic acid groups (broad SMARTS) is 1. The zero-order chi connectivity index (χ0) is 16.1. The Morgan fingerprint density at radius 3 is 2.68 bits per heavy atom. The fourth-order valence-corrected chi connectivity index (χ4v) is 2.27. The number of nitrogens with one attached hydrogen (secondary N) is 1. The Labute approximate surface area is 130 Å². The third-order valence-corrected chi connectivity index (χ3v) is 3.82. The molecule has 0 aromatic heterocycles. The third kappa shape index (κ3) is 4.48. The molecule has 0 bridgehead atoms. The highest BCUT2D eigenvalue weighted by atomic mass is 16.5. The minimum atomic E-state index is -0.891. The predicted molar refractivity (Wildman–Crippen MR) is 82.5 cm³/mol. The summed E-state index contributed by atoms with van der Waals surface area (Å²) in [5, 5.41) is 11.6. The molecule has 0 spiro atoms. The van der Waals surface area contributed by atoms with Gasteiger partial charge in [0.1, 0.15) is 5.75 Å². The van der Waals surface area contributed by atoms with E-state index in [0.29, 0.717) is 25.5 Å². The summed E-state index contributed by atoms with van der Waals surface area (Å²) < 4.78 is 5.77. The largest absolute Gasteiger partial charge is 0.493 e. The van der Waals surface area contributed by atoms with Crippen molar-refractivity contribution >= 4 is 11.9 Å². The highest BCUT2D eigenvalue weighted by Gasteiger charge is 2.48. The zero-order valence-corrected chi connectivity index (χ0v) is 13.0. The molecule has 2 atom stereocenters. The molecule has 0 saturated heterocycles. The smallest absolute Gasteiger partial charge is 0.307 e. The second-order valence-electron chi connectivity index (χ2n) is 6.14. The van der Waals surface area contributed by atoms with Crippen molar-refractivity contribution in [3.63, 3.8) is 0 Å². The molecular formula is C17H23NO4. The number of carboxylic acids is 1. The third-order valence-electron chi connectivity index (χ3n) is 3.82. The van der Waals surface area contributed by atoms with Crippen molar-refractivity contribution in [3.05, 3.63) is 29.8 Å². The van der Waals surface area contributed by atoms with E-state index in [1.165, 1.54) is 0 Å². The van der Waals surface area contributed by atoms with Crippen molar-refractivity contribution in [2.24, 2.45) is 17.8 Å². The first-order valence-electron chi connectivity index (χ1n) is 7.70. The van der Waals surface area contributed by atoms with Crippen LogP contribution < -0.4 is 10.1 Å². The van der Waals surface area contributed by atoms with Crippen LogP contribution in [0.1, 0.15) is 32.3 Å². The van der Waals surface area contributed by atoms with Crippen LogP contribution >= 0.6 is 0 Å². The van der Waals surface area contributed by atoms with E-state index in [2.05, 4.69) is 19.2 Å². The second-order valence-corrected chi connectivity index (χ2v) is 6.14. The van der Waals surface area contributed by atoms with E-state index in [-0.39, 0.29) is 11.8 Å². The average Bonchev–Trinajstić information content (AvgIpc) is 3.26. The van der Waals surface area contributed by atoms with Gasteiger partial charge in [0.25, 0.3) is 0 Å². The molecule has 2 unspecified atom stereocenters. The van der Waals surface area contributed by atoms with Gasteiger partial charge in [0.2, 0.25) is 5.91 Å². The summed E-state index contributed by atoms with van der Waals surface area (Å²) in [5.74, 6) is -0.630. The number of hydrogen-bond donors (Lipinski definition) is 2. The van der Waals surface area contributed by atoms with Gasteiger partial charge in [-0.3, -0.25) is 9.59 Å². The van der Waals surface area contributed by atoms with Gasteiger partial charge in [-0.05, 0) is 24.8 Å². The topological polar surface area (TPSA) is 75.6 Å². The maximum atomic E-state index is 11.9. The molecule has 1 aliphatic carbocycles. The van der Waals surface area contributed by atoms with Crippen LogP contribution in [0.2, 0.25) is 0 Å². The first-order chi connectivity index (χ1) is 10.5. The molecule has 5 heteroatoms. The monoisotopic (exact) mass is 305 g/mol. The summed E-state index contributed by atoms with van der Waals surface area (Å²) in [6.07, 6.45) is 1.41. The van der Waals surface area contributed by atoms with Crippen LogP contribution in [-0.2, 0) is 16.1 Å². The number of benzene rings is 1. The van der Waals surface area contributed by atoms with Crippen molar-refractivity contribution in [2.75, 3.05) is 6.61 Å². The molecule has 1 saturated carbocycles. The van der Waals surface area contributed by atoms with Gasteiger partial charge in [-0.1, -0.05) is 32.0 Å². The van der Waals surface area contributed by atoms with E-state index in [4.69, 9.17) is 9.84 Å². The molecule has 1 aromatic carbocycles. The number of rotatable bonds is 8. The Bertz CT molecular complexity index is 541. The van der Waals surface area contributed by atoms with Crippen molar-refractivity contribution in [1.82, 2.24) is 5.32 Å². The Kier molecular flexibility index (Phi) is 5.41. The summed E-state index contributed by atoms with van der Waals surface area (Å²) in [6, 6.07) is 7.59. The molecule has 0 heterocycles. The SMILES string of the molecule is CC(C)CCOc1ccccc1CNC(=O)C1CC1C(=O)O. The standard InChI is InChI=1S/C17H23NO4/c1-11(2)7-8-22-15-6-4-3-5-12(15)10-18-16(19)13-9-14(13)17(20)21/h3-6,11,13-14H,7-10H2,1-2H3,(H,18,19)(H,20,21). The molecule has 22 heavy (non-hydrogen) atoms. The maximum Gasteiger partial charge on any atom is 0.307 e. The summed E-state index contributed by atoms with van der Waals surface area (Å²) in [4.78, 5) is 22.7. The quantitative estimate of drug-likeness (QED) is 0.773. The summed E-state index contributed by atoms with van der Waals surface area (Å²) >= 11 is 0. The molecular weight excluding hydrogens is 282 g/mol. The number of carbonyl (C=O) groups is 2. The number of carbonyl (C=O) groups excluding carboxylic acids is 1. The second kappa shape index (κ2) is 7.29.